The Morgan fingerprint density at radius 3 is 2.81 bits per heavy atom. The van der Waals surface area contributed by atoms with Gasteiger partial charge in [0.2, 0.25) is 0 Å². The molecular formula is C22H33N3O4S2Si. The number of hydrogen-bond acceptors (Lipinski definition) is 7. The van der Waals surface area contributed by atoms with E-state index in [0.717, 1.165) is 10.5 Å². The maximum absolute atomic E-state index is 13.0. The fraction of sp³-hybridized carbons (Fsp3) is 0.591. The Labute approximate surface area is 200 Å². The summed E-state index contributed by atoms with van der Waals surface area (Å²) in [5, 5.41) is 2.46. The van der Waals surface area contributed by atoms with Gasteiger partial charge in [0.05, 0.1) is 12.1 Å². The van der Waals surface area contributed by atoms with Gasteiger partial charge in [-0.05, 0) is 36.8 Å². The first kappa shape index (κ1) is 24.9. The standard InChI is InChI=1S/C22H33N3O4S2Si/c1-8-10-27-21(26)25-13-16(29-32(6,7)22(3,4)5)12-17(25)19(28-15(2)30)18-20-24(14-23-18)9-11-31-20/h8-9,11,14,16-17,19H,1,10,12-13H2,2-7H3/t16-,17+,19?/m1/s1. The van der Waals surface area contributed by atoms with Gasteiger partial charge in [0.1, 0.15) is 23.5 Å². The third kappa shape index (κ3) is 5.24. The zero-order valence-corrected chi connectivity index (χ0v) is 22.3. The highest BCUT2D eigenvalue weighted by Crippen LogP contribution is 2.41. The van der Waals surface area contributed by atoms with Crippen molar-refractivity contribution in [3.8, 4) is 0 Å². The summed E-state index contributed by atoms with van der Waals surface area (Å²) in [7, 11) is -2.03. The van der Waals surface area contributed by atoms with Gasteiger partial charge < -0.3 is 13.9 Å². The molecule has 0 bridgehead atoms. The van der Waals surface area contributed by atoms with Crippen LogP contribution in [0.2, 0.25) is 18.1 Å². The lowest BCUT2D eigenvalue weighted by molar-refractivity contribution is 0.0616. The minimum atomic E-state index is -2.03. The summed E-state index contributed by atoms with van der Waals surface area (Å²) in [4.78, 5) is 20.3. The number of carbonyl (C=O) groups excluding carboxylic acids is 1. The lowest BCUT2D eigenvalue weighted by Gasteiger charge is -2.38. The highest BCUT2D eigenvalue weighted by atomic mass is 32.1. The van der Waals surface area contributed by atoms with Crippen LogP contribution in [0.4, 0.5) is 4.79 Å². The van der Waals surface area contributed by atoms with E-state index < -0.39 is 20.5 Å². The van der Waals surface area contributed by atoms with Gasteiger partial charge in [-0.1, -0.05) is 33.4 Å². The number of imidazole rings is 1. The number of likely N-dealkylation sites (tertiary alicyclic amines) is 1. The van der Waals surface area contributed by atoms with E-state index in [4.69, 9.17) is 26.1 Å². The molecule has 0 saturated carbocycles. The van der Waals surface area contributed by atoms with Crippen molar-refractivity contribution in [2.45, 2.75) is 70.5 Å². The number of rotatable bonds is 7. The predicted molar refractivity (Wildman–Crippen MR) is 134 cm³/mol. The van der Waals surface area contributed by atoms with E-state index in [0.29, 0.717) is 18.0 Å². The highest BCUT2D eigenvalue weighted by molar-refractivity contribution is 7.80. The molecule has 3 atom stereocenters. The molecule has 2 aromatic rings. The Morgan fingerprint density at radius 2 is 2.19 bits per heavy atom. The van der Waals surface area contributed by atoms with E-state index in [2.05, 4.69) is 45.4 Å². The first-order valence-corrected chi connectivity index (χ1v) is 14.9. The SMILES string of the molecule is C=CCOC(=O)N1C[C@H](O[Si](C)(C)C(C)(C)C)C[C@H]1C(OC(C)=S)c1ncn2ccsc12. The van der Waals surface area contributed by atoms with Crippen molar-refractivity contribution in [2.75, 3.05) is 13.2 Å². The highest BCUT2D eigenvalue weighted by Gasteiger charge is 2.47. The lowest BCUT2D eigenvalue weighted by Crippen LogP contribution is -2.45. The summed E-state index contributed by atoms with van der Waals surface area (Å²) in [6, 6.07) is -0.319. The van der Waals surface area contributed by atoms with E-state index >= 15 is 0 Å². The van der Waals surface area contributed by atoms with Crippen LogP contribution in [-0.2, 0) is 13.9 Å². The monoisotopic (exact) mass is 495 g/mol. The smallest absolute Gasteiger partial charge is 0.410 e. The van der Waals surface area contributed by atoms with Crippen molar-refractivity contribution in [1.82, 2.24) is 14.3 Å². The number of hydrogen-bond donors (Lipinski definition) is 0. The van der Waals surface area contributed by atoms with Crippen LogP contribution in [-0.4, -0.2) is 59.0 Å². The predicted octanol–water partition coefficient (Wildman–Crippen LogP) is 5.59. The molecule has 0 aliphatic carbocycles. The number of aromatic nitrogens is 2. The van der Waals surface area contributed by atoms with Crippen molar-refractivity contribution < 1.29 is 18.7 Å². The average Bonchev–Trinajstić information content (AvgIpc) is 3.38. The van der Waals surface area contributed by atoms with Crippen molar-refractivity contribution in [3.63, 3.8) is 0 Å². The van der Waals surface area contributed by atoms with Gasteiger partial charge in [0.25, 0.3) is 0 Å². The van der Waals surface area contributed by atoms with Gasteiger partial charge in [-0.25, -0.2) is 9.78 Å². The normalized spacial score (nSPS) is 20.4. The Kier molecular flexibility index (Phi) is 7.48. The average molecular weight is 496 g/mol. The van der Waals surface area contributed by atoms with Crippen molar-refractivity contribution in [2.24, 2.45) is 0 Å². The summed E-state index contributed by atoms with van der Waals surface area (Å²) < 4.78 is 20.2. The van der Waals surface area contributed by atoms with Gasteiger partial charge >= 0.3 is 6.09 Å². The second kappa shape index (κ2) is 9.62. The summed E-state index contributed by atoms with van der Waals surface area (Å²) in [5.74, 6) is 0. The molecule has 1 unspecified atom stereocenters. The van der Waals surface area contributed by atoms with E-state index in [1.54, 1.807) is 35.6 Å². The zero-order chi connectivity index (χ0) is 23.7. The topological polar surface area (TPSA) is 65.3 Å². The summed E-state index contributed by atoms with van der Waals surface area (Å²) >= 11 is 6.88. The van der Waals surface area contributed by atoms with Crippen molar-refractivity contribution >= 4 is 47.8 Å². The Bertz CT molecular complexity index is 981. The molecule has 3 rings (SSSR count). The molecule has 0 spiro atoms. The molecule has 7 nitrogen and oxygen atoms in total. The van der Waals surface area contributed by atoms with Crippen molar-refractivity contribution in [1.29, 1.82) is 0 Å². The fourth-order valence-corrected chi connectivity index (χ4v) is 5.96. The molecule has 2 aromatic heterocycles. The lowest BCUT2D eigenvalue weighted by atomic mass is 10.0. The van der Waals surface area contributed by atoms with Gasteiger partial charge in [-0.2, -0.15) is 0 Å². The van der Waals surface area contributed by atoms with E-state index in [9.17, 15) is 4.79 Å². The van der Waals surface area contributed by atoms with Crippen LogP contribution in [0.1, 0.15) is 45.9 Å². The molecule has 0 aromatic carbocycles. The molecule has 1 aliphatic rings. The molecule has 1 amide bonds. The maximum atomic E-state index is 13.0. The van der Waals surface area contributed by atoms with Crippen LogP contribution >= 0.6 is 23.6 Å². The van der Waals surface area contributed by atoms with E-state index in [1.807, 2.05) is 16.0 Å². The number of thiazole rings is 1. The fourth-order valence-electron chi connectivity index (χ4n) is 3.66. The van der Waals surface area contributed by atoms with Gasteiger partial charge in [-0.15, -0.1) is 11.3 Å². The molecule has 10 heteroatoms. The second-order valence-corrected chi connectivity index (χ2v) is 15.8. The van der Waals surface area contributed by atoms with Crippen LogP contribution in [0.15, 0.2) is 30.6 Å². The molecule has 1 saturated heterocycles. The number of amides is 1. The number of nitrogens with zero attached hydrogens (tertiary/aromatic N) is 3. The summed E-state index contributed by atoms with van der Waals surface area (Å²) in [6.07, 6.45) is 4.85. The number of ether oxygens (including phenoxy) is 2. The van der Waals surface area contributed by atoms with Crippen LogP contribution in [0.25, 0.3) is 4.83 Å². The molecule has 0 N–H and O–H groups in total. The quantitative estimate of drug-likeness (QED) is 0.283. The maximum Gasteiger partial charge on any atom is 0.410 e. The van der Waals surface area contributed by atoms with Crippen LogP contribution in [0.3, 0.4) is 0 Å². The van der Waals surface area contributed by atoms with Gasteiger partial charge in [0, 0.05) is 25.0 Å². The molecule has 3 heterocycles. The largest absolute Gasteiger partial charge is 0.476 e. The number of fused-ring (bicyclic) bond motifs is 1. The summed E-state index contributed by atoms with van der Waals surface area (Å²) in [5.41, 5.74) is 0.767. The number of carbonyl (C=O) groups is 1. The first-order chi connectivity index (χ1) is 14.9. The number of thiocarbonyl (C=S) groups is 1. The Hall–Kier alpha value is -1.75. The van der Waals surface area contributed by atoms with Crippen LogP contribution in [0.5, 0.6) is 0 Å². The molecule has 176 valence electrons. The van der Waals surface area contributed by atoms with Crippen LogP contribution < -0.4 is 0 Å². The first-order valence-electron chi connectivity index (χ1n) is 10.7. The molecule has 1 fully saturated rings. The minimum Gasteiger partial charge on any atom is -0.476 e. The van der Waals surface area contributed by atoms with Gasteiger partial charge in [0.15, 0.2) is 19.5 Å². The Morgan fingerprint density at radius 1 is 1.47 bits per heavy atom. The minimum absolute atomic E-state index is 0.0627. The van der Waals surface area contributed by atoms with Crippen molar-refractivity contribution in [3.05, 3.63) is 36.3 Å². The molecule has 1 aliphatic heterocycles. The molecule has 32 heavy (non-hydrogen) atoms. The van der Waals surface area contributed by atoms with Crippen LogP contribution in [0, 0.1) is 0 Å². The molecule has 0 radical (unpaired) electrons. The Balaban J connectivity index is 1.95. The van der Waals surface area contributed by atoms with E-state index in [-0.39, 0.29) is 23.8 Å². The van der Waals surface area contributed by atoms with E-state index in [1.165, 1.54) is 0 Å². The van der Waals surface area contributed by atoms with Gasteiger partial charge in [-0.3, -0.25) is 9.30 Å². The molecular weight excluding hydrogens is 462 g/mol. The summed E-state index contributed by atoms with van der Waals surface area (Å²) in [6.45, 7) is 17.0. The second-order valence-electron chi connectivity index (χ2n) is 9.60. The zero-order valence-electron chi connectivity index (χ0n) is 19.7. The third-order valence-electron chi connectivity index (χ3n) is 6.22. The third-order valence-corrected chi connectivity index (χ3v) is 11.8.